The molecule has 0 amide bonds. The van der Waals surface area contributed by atoms with E-state index >= 15 is 39.5 Å². The molecule has 0 aliphatic heterocycles. The van der Waals surface area contributed by atoms with Gasteiger partial charge in [-0.1, -0.05) is 0 Å². The molecule has 2 N–H and O–H groups in total. The molecule has 56 heavy (non-hydrogen) atoms. The van der Waals surface area contributed by atoms with E-state index in [1.54, 1.807) is 24.3 Å². The normalized spacial score (nSPS) is 15.6. The van der Waals surface area contributed by atoms with Crippen LogP contribution in [0.2, 0.25) is 0 Å². The van der Waals surface area contributed by atoms with Crippen LogP contribution in [0, 0.1) is 0 Å². The molecule has 5 aromatic rings. The Balaban J connectivity index is 2.19. The Morgan fingerprint density at radius 2 is 0.804 bits per heavy atom. The SMILES string of the molecule is CC(C)(C)c1cc[c]([Sb-]([c]2ccc(C(C)(C)C)cc2)([c]2ccccc2C(O)(C(F)(F)F)C(F)(F)F)[C@@H](c2ccccc2)[C@](O)(c2ccccc2)C(F)(F)F)cc1. The van der Waals surface area contributed by atoms with E-state index in [-0.39, 0.29) is 12.6 Å². The van der Waals surface area contributed by atoms with Crippen molar-refractivity contribution in [2.45, 2.75) is 86.0 Å². The number of benzene rings is 5. The number of aliphatic hydroxyl groups is 2. The van der Waals surface area contributed by atoms with Crippen LogP contribution in [0.1, 0.15) is 73.2 Å². The minimum absolute atomic E-state index is 0.0200. The minimum atomic E-state index is -6.45. The monoisotopic (exact) mass is 895 g/mol. The van der Waals surface area contributed by atoms with Gasteiger partial charge in [0.1, 0.15) is 0 Å². The Labute approximate surface area is 325 Å². The van der Waals surface area contributed by atoms with E-state index in [9.17, 15) is 10.2 Å². The van der Waals surface area contributed by atoms with Crippen LogP contribution >= 0.6 is 0 Å². The first kappa shape index (κ1) is 43.3. The van der Waals surface area contributed by atoms with Crippen LogP contribution in [-0.2, 0) is 22.0 Å². The molecule has 0 aliphatic rings. The van der Waals surface area contributed by atoms with Gasteiger partial charge < -0.3 is 0 Å². The molecule has 2 nitrogen and oxygen atoms in total. The Hall–Kier alpha value is -3.79. The maximum absolute atomic E-state index is 16.3. The number of halogens is 9. The first-order valence-electron chi connectivity index (χ1n) is 17.7. The zero-order valence-electron chi connectivity index (χ0n) is 31.5. The molecule has 0 radical (unpaired) electrons. The summed E-state index contributed by atoms with van der Waals surface area (Å²) < 4.78 is 136. The van der Waals surface area contributed by atoms with E-state index in [0.29, 0.717) is 17.2 Å². The molecule has 5 aromatic carbocycles. The van der Waals surface area contributed by atoms with Crippen LogP contribution in [0.25, 0.3) is 0 Å². The third-order valence-electron chi connectivity index (χ3n) is 10.3. The van der Waals surface area contributed by atoms with Gasteiger partial charge in [0, 0.05) is 0 Å². The van der Waals surface area contributed by atoms with Crippen LogP contribution in [0.15, 0.2) is 133 Å². The molecule has 0 bridgehead atoms. The van der Waals surface area contributed by atoms with Gasteiger partial charge in [0.2, 0.25) is 0 Å². The number of alkyl halides is 9. The summed E-state index contributed by atoms with van der Waals surface area (Å²) in [5, 5.41) is 24.1. The van der Waals surface area contributed by atoms with Crippen molar-refractivity contribution in [1.82, 2.24) is 0 Å². The molecule has 300 valence electrons. The van der Waals surface area contributed by atoms with Crippen LogP contribution in [-0.4, -0.2) is 47.5 Å². The predicted octanol–water partition coefficient (Wildman–Crippen LogP) is 9.84. The zero-order valence-corrected chi connectivity index (χ0v) is 34.1. The summed E-state index contributed by atoms with van der Waals surface area (Å²) in [4.78, 5) is 0. The fourth-order valence-corrected chi connectivity index (χ4v) is 22.7. The molecule has 0 aromatic heterocycles. The van der Waals surface area contributed by atoms with Crippen LogP contribution in [0.4, 0.5) is 39.5 Å². The van der Waals surface area contributed by atoms with Crippen molar-refractivity contribution < 1.29 is 49.7 Å². The standard InChI is InChI=1S/C15H12F3O.2C10H13.C9H5F6O.Sb/c16-15(17,18)14(19,13-9-5-2-6-10-13)11-12-7-3-1-4-8-12;2*1-10(2,3)9-7-5-4-6-8-9;10-8(11,12)7(16,9(13,14)15)6-4-2-1-3-5-6;/h1-11,19H;2*5-8H,1-3H3;1-4,16H;/q;;;;-1/t14-;;;;/m0..../s1. The average molecular weight is 897 g/mol. The molecule has 0 saturated carbocycles. The van der Waals surface area contributed by atoms with Crippen molar-refractivity contribution in [3.63, 3.8) is 0 Å². The van der Waals surface area contributed by atoms with Gasteiger partial charge in [-0.25, -0.2) is 0 Å². The maximum atomic E-state index is 16.3. The number of hydrogen-bond donors (Lipinski definition) is 2. The van der Waals surface area contributed by atoms with Crippen LogP contribution in [0.3, 0.4) is 0 Å². The van der Waals surface area contributed by atoms with E-state index in [1.807, 2.05) is 41.5 Å². The van der Waals surface area contributed by atoms with Gasteiger partial charge >= 0.3 is 326 Å². The van der Waals surface area contributed by atoms with Crippen molar-refractivity contribution in [2.24, 2.45) is 0 Å². The Kier molecular flexibility index (Phi) is 11.5. The Bertz CT molecular complexity index is 2030. The summed E-state index contributed by atoms with van der Waals surface area (Å²) in [5.41, 5.74) is -11.6. The second-order valence-electron chi connectivity index (χ2n) is 16.0. The molecule has 0 saturated heterocycles. The van der Waals surface area contributed by atoms with Gasteiger partial charge in [-0.2, -0.15) is 0 Å². The molecule has 12 heteroatoms. The van der Waals surface area contributed by atoms with Crippen LogP contribution in [0.5, 0.6) is 0 Å². The van der Waals surface area contributed by atoms with Gasteiger partial charge in [0.15, 0.2) is 0 Å². The van der Waals surface area contributed by atoms with Gasteiger partial charge in [-0.3, -0.25) is 0 Å². The fraction of sp³-hybridized carbons (Fsp3) is 0.318. The summed E-state index contributed by atoms with van der Waals surface area (Å²) in [7, 11) is 0. The van der Waals surface area contributed by atoms with Gasteiger partial charge in [0.25, 0.3) is 0 Å². The molecular formula is C44H43F9O2Sb-. The predicted molar refractivity (Wildman–Crippen MR) is 203 cm³/mol. The third-order valence-corrected chi connectivity index (χ3v) is 24.1. The van der Waals surface area contributed by atoms with Crippen molar-refractivity contribution in [3.05, 3.63) is 161 Å². The molecule has 0 aliphatic carbocycles. The first-order chi connectivity index (χ1) is 25.7. The fourth-order valence-electron chi connectivity index (χ4n) is 7.36. The van der Waals surface area contributed by atoms with Gasteiger partial charge in [-0.15, -0.1) is 0 Å². The first-order valence-corrected chi connectivity index (χ1v) is 23.0. The van der Waals surface area contributed by atoms with Gasteiger partial charge in [-0.05, 0) is 0 Å². The van der Waals surface area contributed by atoms with Crippen molar-refractivity contribution in [2.75, 3.05) is 0 Å². The summed E-state index contributed by atoms with van der Waals surface area (Å²) in [5.74, 6) is 0. The second-order valence-corrected chi connectivity index (χ2v) is 25.9. The number of hydrogen-bond acceptors (Lipinski definition) is 2. The van der Waals surface area contributed by atoms with Crippen molar-refractivity contribution >= 4 is 29.3 Å². The van der Waals surface area contributed by atoms with E-state index in [1.165, 1.54) is 72.8 Å². The topological polar surface area (TPSA) is 40.5 Å². The zero-order chi connectivity index (χ0) is 41.8. The molecule has 0 spiro atoms. The Morgan fingerprint density at radius 1 is 0.429 bits per heavy atom. The third kappa shape index (κ3) is 7.40. The van der Waals surface area contributed by atoms with Crippen molar-refractivity contribution in [1.29, 1.82) is 0 Å². The molecular weight excluding hydrogens is 853 g/mol. The second kappa shape index (κ2) is 14.9. The molecule has 2 atom stereocenters. The van der Waals surface area contributed by atoms with E-state index in [4.69, 9.17) is 0 Å². The summed E-state index contributed by atoms with van der Waals surface area (Å²) >= 11 is -6.45. The van der Waals surface area contributed by atoms with E-state index < -0.39 is 77.9 Å². The molecule has 0 heterocycles. The number of rotatable bonds is 8. The van der Waals surface area contributed by atoms with Crippen LogP contribution < -0.4 is 10.5 Å². The van der Waals surface area contributed by atoms with Gasteiger partial charge in [0.05, 0.1) is 0 Å². The van der Waals surface area contributed by atoms with Crippen molar-refractivity contribution in [3.8, 4) is 0 Å². The molecule has 0 fully saturated rings. The summed E-state index contributed by atoms with van der Waals surface area (Å²) in [6.07, 6.45) is -18.3. The quantitative estimate of drug-likeness (QED) is 0.120. The molecule has 5 rings (SSSR count). The summed E-state index contributed by atoms with van der Waals surface area (Å²) in [6.45, 7) is 11.2. The van der Waals surface area contributed by atoms with E-state index in [0.717, 1.165) is 30.3 Å². The summed E-state index contributed by atoms with van der Waals surface area (Å²) in [6, 6.07) is 28.6. The molecule has 0 unspecified atom stereocenters. The Morgan fingerprint density at radius 3 is 1.18 bits per heavy atom. The average Bonchev–Trinajstić information content (AvgIpc) is 3.12. The van der Waals surface area contributed by atoms with E-state index in [2.05, 4.69) is 0 Å².